The lowest BCUT2D eigenvalue weighted by atomic mass is 10.2. The third-order valence-corrected chi connectivity index (χ3v) is 2.45. The van der Waals surface area contributed by atoms with Gasteiger partial charge in [-0.3, -0.25) is 9.59 Å². The number of esters is 1. The molecule has 0 aromatic rings. The van der Waals surface area contributed by atoms with Crippen LogP contribution in [0.2, 0.25) is 0 Å². The zero-order valence-corrected chi connectivity index (χ0v) is 11.4. The molecule has 0 aliphatic rings. The summed E-state index contributed by atoms with van der Waals surface area (Å²) >= 11 is 0. The number of hydrogen-bond donors (Lipinski definition) is 3. The van der Waals surface area contributed by atoms with Gasteiger partial charge < -0.3 is 25.8 Å². The van der Waals surface area contributed by atoms with E-state index in [4.69, 9.17) is 10.8 Å². The van der Waals surface area contributed by atoms with Gasteiger partial charge >= 0.3 is 18.0 Å². The van der Waals surface area contributed by atoms with Gasteiger partial charge in [0.2, 0.25) is 5.91 Å². The molecule has 4 N–H and O–H groups in total. The maximum atomic E-state index is 11.7. The Morgan fingerprint density at radius 2 is 1.95 bits per heavy atom. The number of carboxylic acid groups (broad SMARTS) is 1. The number of urea groups is 1. The van der Waals surface area contributed by atoms with Gasteiger partial charge in [0.15, 0.2) is 0 Å². The summed E-state index contributed by atoms with van der Waals surface area (Å²) in [5.74, 6) is -2.57. The van der Waals surface area contributed by atoms with Gasteiger partial charge in [-0.15, -0.1) is 0 Å². The molecular formula is C11H19N3O6. The van der Waals surface area contributed by atoms with Gasteiger partial charge in [0.1, 0.15) is 6.04 Å². The minimum absolute atomic E-state index is 0.151. The van der Waals surface area contributed by atoms with Crippen LogP contribution in [-0.2, 0) is 19.1 Å². The van der Waals surface area contributed by atoms with Crippen LogP contribution < -0.4 is 11.1 Å². The second-order valence-corrected chi connectivity index (χ2v) is 4.11. The molecule has 0 spiro atoms. The van der Waals surface area contributed by atoms with Crippen molar-refractivity contribution in [2.75, 3.05) is 20.7 Å². The van der Waals surface area contributed by atoms with Crippen LogP contribution in [0.5, 0.6) is 0 Å². The molecule has 0 saturated heterocycles. The summed E-state index contributed by atoms with van der Waals surface area (Å²) in [6.45, 7) is 0.240. The molecule has 0 aliphatic carbocycles. The van der Waals surface area contributed by atoms with Crippen LogP contribution in [0.25, 0.3) is 0 Å². The minimum Gasteiger partial charge on any atom is -0.480 e. The number of ether oxygens (including phenoxy) is 1. The van der Waals surface area contributed by atoms with Gasteiger partial charge in [0.05, 0.1) is 13.5 Å². The Morgan fingerprint density at radius 1 is 1.35 bits per heavy atom. The van der Waals surface area contributed by atoms with E-state index in [-0.39, 0.29) is 13.0 Å². The maximum Gasteiger partial charge on any atom is 0.326 e. The number of methoxy groups -OCH3 is 1. The van der Waals surface area contributed by atoms with E-state index in [9.17, 15) is 19.2 Å². The summed E-state index contributed by atoms with van der Waals surface area (Å²) in [6.07, 6.45) is 0.0407. The first-order chi connectivity index (χ1) is 9.27. The lowest BCUT2D eigenvalue weighted by Crippen LogP contribution is -2.48. The highest BCUT2D eigenvalue weighted by atomic mass is 16.5. The molecular weight excluding hydrogens is 270 g/mol. The number of nitrogens with two attached hydrogens (primary N) is 1. The first kappa shape index (κ1) is 17.7. The van der Waals surface area contributed by atoms with Crippen LogP contribution in [-0.4, -0.2) is 60.6 Å². The molecule has 0 aromatic carbocycles. The monoisotopic (exact) mass is 289 g/mol. The molecule has 0 rings (SSSR count). The maximum absolute atomic E-state index is 11.7. The molecule has 9 heteroatoms. The Morgan fingerprint density at radius 3 is 2.40 bits per heavy atom. The largest absolute Gasteiger partial charge is 0.480 e. The number of amides is 3. The summed E-state index contributed by atoms with van der Waals surface area (Å²) < 4.78 is 4.45. The van der Waals surface area contributed by atoms with Crippen molar-refractivity contribution in [3.05, 3.63) is 0 Å². The van der Waals surface area contributed by atoms with Crippen LogP contribution in [0.15, 0.2) is 0 Å². The van der Waals surface area contributed by atoms with E-state index in [1.165, 1.54) is 19.1 Å². The molecule has 0 radical (unpaired) electrons. The van der Waals surface area contributed by atoms with E-state index in [1.54, 1.807) is 0 Å². The number of carbonyl (C=O) groups is 4. The number of carboxylic acids is 1. The van der Waals surface area contributed by atoms with Gasteiger partial charge in [-0.1, -0.05) is 0 Å². The Labute approximate surface area is 116 Å². The Hall–Kier alpha value is -2.32. The van der Waals surface area contributed by atoms with Crippen molar-refractivity contribution >= 4 is 23.9 Å². The smallest absolute Gasteiger partial charge is 0.326 e. The van der Waals surface area contributed by atoms with Crippen LogP contribution in [0.1, 0.15) is 19.3 Å². The third-order valence-electron chi connectivity index (χ3n) is 2.45. The average molecular weight is 289 g/mol. The summed E-state index contributed by atoms with van der Waals surface area (Å²) in [5, 5.41) is 11.0. The summed E-state index contributed by atoms with van der Waals surface area (Å²) in [4.78, 5) is 45.3. The number of carbonyl (C=O) groups excluding carboxylic acids is 3. The average Bonchev–Trinajstić information content (AvgIpc) is 2.36. The predicted molar refractivity (Wildman–Crippen MR) is 67.6 cm³/mol. The van der Waals surface area contributed by atoms with Crippen LogP contribution >= 0.6 is 0 Å². The van der Waals surface area contributed by atoms with Crippen LogP contribution in [0, 0.1) is 0 Å². The van der Waals surface area contributed by atoms with E-state index >= 15 is 0 Å². The second kappa shape index (κ2) is 8.73. The highest BCUT2D eigenvalue weighted by Gasteiger charge is 2.23. The highest BCUT2D eigenvalue weighted by Crippen LogP contribution is 1.98. The van der Waals surface area contributed by atoms with Gasteiger partial charge in [-0.25, -0.2) is 9.59 Å². The third kappa shape index (κ3) is 7.19. The molecule has 0 aromatic heterocycles. The zero-order chi connectivity index (χ0) is 15.7. The first-order valence-electron chi connectivity index (χ1n) is 5.87. The lowest BCUT2D eigenvalue weighted by Gasteiger charge is -2.20. The molecule has 3 amide bonds. The molecule has 0 heterocycles. The fraction of sp³-hybridized carbons (Fsp3) is 0.636. The van der Waals surface area contributed by atoms with Crippen molar-refractivity contribution in [2.24, 2.45) is 5.73 Å². The molecule has 20 heavy (non-hydrogen) atoms. The predicted octanol–water partition coefficient (Wildman–Crippen LogP) is -1.09. The van der Waals surface area contributed by atoms with E-state index < -0.39 is 36.3 Å². The van der Waals surface area contributed by atoms with Crippen molar-refractivity contribution in [3.63, 3.8) is 0 Å². The van der Waals surface area contributed by atoms with E-state index in [0.717, 1.165) is 0 Å². The summed E-state index contributed by atoms with van der Waals surface area (Å²) in [7, 11) is 2.70. The van der Waals surface area contributed by atoms with Crippen LogP contribution in [0.4, 0.5) is 4.79 Å². The number of rotatable bonds is 8. The fourth-order valence-electron chi connectivity index (χ4n) is 1.32. The minimum atomic E-state index is -1.37. The number of primary amides is 1. The van der Waals surface area contributed by atoms with Gasteiger partial charge in [-0.05, 0) is 6.42 Å². The van der Waals surface area contributed by atoms with Crippen molar-refractivity contribution in [1.82, 2.24) is 10.2 Å². The van der Waals surface area contributed by atoms with Gasteiger partial charge in [0.25, 0.3) is 0 Å². The second-order valence-electron chi connectivity index (χ2n) is 4.11. The molecule has 0 aliphatic heterocycles. The molecule has 0 bridgehead atoms. The zero-order valence-electron chi connectivity index (χ0n) is 11.4. The van der Waals surface area contributed by atoms with Crippen molar-refractivity contribution < 1.29 is 29.0 Å². The fourth-order valence-corrected chi connectivity index (χ4v) is 1.32. The first-order valence-corrected chi connectivity index (χ1v) is 5.87. The normalized spacial score (nSPS) is 11.3. The Kier molecular flexibility index (Phi) is 7.71. The van der Waals surface area contributed by atoms with Crippen molar-refractivity contribution in [3.8, 4) is 0 Å². The van der Waals surface area contributed by atoms with Gasteiger partial charge in [0, 0.05) is 20.0 Å². The summed E-state index contributed by atoms with van der Waals surface area (Å²) in [5.41, 5.74) is 4.89. The van der Waals surface area contributed by atoms with E-state index in [2.05, 4.69) is 10.1 Å². The van der Waals surface area contributed by atoms with Crippen LogP contribution in [0.3, 0.4) is 0 Å². The molecule has 1 atom stereocenters. The molecule has 1 unspecified atom stereocenters. The quantitative estimate of drug-likeness (QED) is 0.485. The number of hydrogen-bond acceptors (Lipinski definition) is 5. The Bertz CT molecular complexity index is 384. The molecule has 9 nitrogen and oxygen atoms in total. The molecule has 114 valence electrons. The highest BCUT2D eigenvalue weighted by molar-refractivity contribution is 5.87. The van der Waals surface area contributed by atoms with Crippen molar-refractivity contribution in [1.29, 1.82) is 0 Å². The number of nitrogens with zero attached hydrogens (tertiary/aromatic N) is 1. The topological polar surface area (TPSA) is 139 Å². The standard InChI is InChI=1S/C11H19N3O6/c1-14(5-3-4-9(16)20-2)11(19)13-7(10(17)18)6-8(12)15/h7H,3-6H2,1-2H3,(H2,12,15)(H,13,19)(H,17,18). The SMILES string of the molecule is COC(=O)CCCN(C)C(=O)NC(CC(N)=O)C(=O)O. The van der Waals surface area contributed by atoms with Gasteiger partial charge in [-0.2, -0.15) is 0 Å². The lowest BCUT2D eigenvalue weighted by molar-refractivity contribution is -0.141. The Balaban J connectivity index is 4.25. The number of nitrogens with one attached hydrogen (secondary N) is 1. The molecule has 0 fully saturated rings. The van der Waals surface area contributed by atoms with Crippen molar-refractivity contribution in [2.45, 2.75) is 25.3 Å². The molecule has 0 saturated carbocycles. The van der Waals surface area contributed by atoms with E-state index in [1.807, 2.05) is 0 Å². The summed E-state index contributed by atoms with van der Waals surface area (Å²) in [6, 6.07) is -2.04. The van der Waals surface area contributed by atoms with E-state index in [0.29, 0.717) is 6.42 Å². The number of aliphatic carboxylic acids is 1.